The van der Waals surface area contributed by atoms with Crippen molar-refractivity contribution in [2.45, 2.75) is 69.6 Å². The molecule has 6 aliphatic carbocycles. The predicted molar refractivity (Wildman–Crippen MR) is 198 cm³/mol. The van der Waals surface area contributed by atoms with Crippen molar-refractivity contribution in [1.82, 2.24) is 0 Å². The molecule has 0 radical (unpaired) electrons. The van der Waals surface area contributed by atoms with Crippen LogP contribution in [0.1, 0.15) is 81.0 Å². The molecule has 0 aliphatic heterocycles. The molecule has 2 bridgehead atoms. The van der Waals surface area contributed by atoms with Crippen molar-refractivity contribution in [2.75, 3.05) is 4.90 Å². The zero-order valence-electron chi connectivity index (χ0n) is 28.3. The summed E-state index contributed by atoms with van der Waals surface area (Å²) < 4.78 is 0. The minimum absolute atomic E-state index is 0.125. The molecule has 0 amide bonds. The molecule has 2 spiro atoms. The highest BCUT2D eigenvalue weighted by molar-refractivity contribution is 5.89. The summed E-state index contributed by atoms with van der Waals surface area (Å²) in [6, 6.07) is 45.0. The van der Waals surface area contributed by atoms with Crippen LogP contribution in [0.4, 0.5) is 17.1 Å². The third kappa shape index (κ3) is 3.43. The van der Waals surface area contributed by atoms with Crippen LogP contribution in [0.25, 0.3) is 22.3 Å². The predicted octanol–water partition coefficient (Wildman–Crippen LogP) is 12.2. The molecule has 1 nitrogen and oxygen atoms in total. The Morgan fingerprint density at radius 3 is 1.81 bits per heavy atom. The van der Waals surface area contributed by atoms with Crippen molar-refractivity contribution in [2.24, 2.45) is 35.5 Å². The summed E-state index contributed by atoms with van der Waals surface area (Å²) in [4.78, 5) is 2.58. The highest BCUT2D eigenvalue weighted by atomic mass is 15.1. The molecule has 0 heterocycles. The van der Waals surface area contributed by atoms with E-state index < -0.39 is 0 Å². The molecular formula is C47H45N. The van der Waals surface area contributed by atoms with Gasteiger partial charge in [-0.15, -0.1) is 0 Å². The van der Waals surface area contributed by atoms with E-state index in [9.17, 15) is 0 Å². The lowest BCUT2D eigenvalue weighted by Gasteiger charge is -2.40. The summed E-state index contributed by atoms with van der Waals surface area (Å²) in [7, 11) is 0. The Morgan fingerprint density at radius 1 is 0.583 bits per heavy atom. The van der Waals surface area contributed by atoms with E-state index in [4.69, 9.17) is 0 Å². The summed E-state index contributed by atoms with van der Waals surface area (Å²) in [5.74, 6) is 4.84. The number of hydrogen-bond acceptors (Lipinski definition) is 1. The van der Waals surface area contributed by atoms with Crippen molar-refractivity contribution >= 4 is 17.1 Å². The molecule has 2 unspecified atom stereocenters. The van der Waals surface area contributed by atoms with Crippen LogP contribution in [0, 0.1) is 35.5 Å². The monoisotopic (exact) mass is 623 g/mol. The Balaban J connectivity index is 1.11. The molecule has 1 heteroatoms. The van der Waals surface area contributed by atoms with E-state index in [-0.39, 0.29) is 10.8 Å². The number of fused-ring (bicyclic) bond motifs is 15. The molecule has 4 saturated carbocycles. The first kappa shape index (κ1) is 27.8. The van der Waals surface area contributed by atoms with Gasteiger partial charge < -0.3 is 4.90 Å². The average molecular weight is 624 g/mol. The van der Waals surface area contributed by atoms with Crippen LogP contribution in [-0.2, 0) is 10.8 Å². The lowest BCUT2D eigenvalue weighted by molar-refractivity contribution is 0.259. The van der Waals surface area contributed by atoms with Gasteiger partial charge in [0.1, 0.15) is 0 Å². The number of benzene rings is 5. The summed E-state index contributed by atoms with van der Waals surface area (Å²) in [5.41, 5.74) is 16.4. The lowest BCUT2D eigenvalue weighted by Crippen LogP contribution is -2.35. The Bertz CT molecular complexity index is 2110. The highest BCUT2D eigenvalue weighted by Gasteiger charge is 2.66. The third-order valence-corrected chi connectivity index (χ3v) is 14.5. The van der Waals surface area contributed by atoms with Crippen molar-refractivity contribution in [3.8, 4) is 22.3 Å². The van der Waals surface area contributed by atoms with Gasteiger partial charge in [-0.1, -0.05) is 106 Å². The average Bonchev–Trinajstić information content (AvgIpc) is 3.40. The first-order valence-electron chi connectivity index (χ1n) is 19.0. The van der Waals surface area contributed by atoms with Crippen molar-refractivity contribution in [3.63, 3.8) is 0 Å². The van der Waals surface area contributed by atoms with Gasteiger partial charge in [0.15, 0.2) is 0 Å². The molecule has 0 N–H and O–H groups in total. The molecule has 5 aromatic rings. The highest BCUT2D eigenvalue weighted by Crippen LogP contribution is 2.72. The van der Waals surface area contributed by atoms with Gasteiger partial charge in [0.25, 0.3) is 0 Å². The van der Waals surface area contributed by atoms with E-state index in [2.05, 4.69) is 134 Å². The number of para-hydroxylation sites is 1. The molecule has 48 heavy (non-hydrogen) atoms. The molecule has 238 valence electrons. The molecule has 8 atom stereocenters. The maximum Gasteiger partial charge on any atom is 0.0465 e. The largest absolute Gasteiger partial charge is 0.310 e. The van der Waals surface area contributed by atoms with Crippen LogP contribution in [-0.4, -0.2) is 0 Å². The lowest BCUT2D eigenvalue weighted by atomic mass is 9.64. The number of anilines is 3. The Morgan fingerprint density at radius 2 is 1.19 bits per heavy atom. The van der Waals surface area contributed by atoms with Gasteiger partial charge in [-0.25, -0.2) is 0 Å². The summed E-state index contributed by atoms with van der Waals surface area (Å²) in [6.45, 7) is 4.96. The van der Waals surface area contributed by atoms with E-state index in [0.717, 1.165) is 35.5 Å². The maximum absolute atomic E-state index is 2.64. The number of hydrogen-bond donors (Lipinski definition) is 0. The number of nitrogens with zero attached hydrogens (tertiary/aromatic N) is 1. The van der Waals surface area contributed by atoms with Gasteiger partial charge >= 0.3 is 0 Å². The Kier molecular flexibility index (Phi) is 5.65. The Labute approximate surface area is 286 Å². The first-order chi connectivity index (χ1) is 23.6. The van der Waals surface area contributed by atoms with E-state index in [1.54, 1.807) is 22.3 Å². The first-order valence-corrected chi connectivity index (χ1v) is 19.0. The summed E-state index contributed by atoms with van der Waals surface area (Å²) >= 11 is 0. The topological polar surface area (TPSA) is 3.24 Å². The standard InChI is InChI=1S/C47H45N/c1-3-35-40-23-29(2)27-47(45(35)40)42-16-10-8-14-37(42)39-22-20-34(26-44(39)47)48(32-11-5-4-6-12-32)33-19-21-38-36-13-7-9-15-41(36)46(43(38)25-33)28-30-17-18-31(46)24-30/h4-16,19-22,25-26,29-31,35,40,45H,3,17-18,23-24,27-28H2,1-2H3/t29-,30+,31-,35+,40?,45?,46+,47+/m1/s1. The SMILES string of the molecule is CC[C@H]1C2C[C@@H](C)C[C@@]3(c4ccccc4-c4ccc(N(c5ccccc5)c5ccc6c(c5)[C@]5(C[C@H]7CC[C@@H]5C7)c5ccccc5-6)cc43)C21. The molecule has 0 saturated heterocycles. The second-order valence-corrected chi connectivity index (χ2v) is 16.6. The second kappa shape index (κ2) is 9.75. The molecule has 0 aromatic heterocycles. The molecule has 4 fully saturated rings. The van der Waals surface area contributed by atoms with Gasteiger partial charge in [0.05, 0.1) is 0 Å². The Hall–Kier alpha value is -4.10. The van der Waals surface area contributed by atoms with Gasteiger partial charge in [0.2, 0.25) is 0 Å². The number of rotatable bonds is 4. The van der Waals surface area contributed by atoms with Crippen molar-refractivity contribution < 1.29 is 0 Å². The van der Waals surface area contributed by atoms with Crippen molar-refractivity contribution in [3.05, 3.63) is 138 Å². The quantitative estimate of drug-likeness (QED) is 0.192. The van der Waals surface area contributed by atoms with Crippen LogP contribution >= 0.6 is 0 Å². The minimum atomic E-state index is 0.125. The van der Waals surface area contributed by atoms with Gasteiger partial charge in [-0.3, -0.25) is 0 Å². The molecule has 5 aromatic carbocycles. The zero-order chi connectivity index (χ0) is 31.8. The molecule has 6 aliphatic rings. The van der Waals surface area contributed by atoms with E-state index in [1.807, 2.05) is 0 Å². The second-order valence-electron chi connectivity index (χ2n) is 16.6. The fourth-order valence-electron chi connectivity index (χ4n) is 12.9. The molecule has 11 rings (SSSR count). The van der Waals surface area contributed by atoms with Crippen molar-refractivity contribution in [1.29, 1.82) is 0 Å². The van der Waals surface area contributed by atoms with Gasteiger partial charge in [-0.2, -0.15) is 0 Å². The zero-order valence-corrected chi connectivity index (χ0v) is 28.3. The molecular weight excluding hydrogens is 579 g/mol. The van der Waals surface area contributed by atoms with E-state index in [1.165, 1.54) is 84.3 Å². The van der Waals surface area contributed by atoms with Crippen LogP contribution in [0.15, 0.2) is 115 Å². The summed E-state index contributed by atoms with van der Waals surface area (Å²) in [6.07, 6.45) is 9.47. The van der Waals surface area contributed by atoms with Gasteiger partial charge in [0, 0.05) is 27.9 Å². The van der Waals surface area contributed by atoms with Crippen LogP contribution in [0.5, 0.6) is 0 Å². The normalized spacial score (nSPS) is 32.5. The fraction of sp³-hybridized carbons (Fsp3) is 0.362. The van der Waals surface area contributed by atoms with Crippen LogP contribution in [0.3, 0.4) is 0 Å². The van der Waals surface area contributed by atoms with Gasteiger partial charge in [-0.05, 0) is 149 Å². The van der Waals surface area contributed by atoms with E-state index >= 15 is 0 Å². The van der Waals surface area contributed by atoms with Crippen LogP contribution < -0.4 is 4.90 Å². The maximum atomic E-state index is 2.64. The minimum Gasteiger partial charge on any atom is -0.310 e. The summed E-state index contributed by atoms with van der Waals surface area (Å²) in [5, 5.41) is 0. The third-order valence-electron chi connectivity index (χ3n) is 14.5. The van der Waals surface area contributed by atoms with E-state index in [0.29, 0.717) is 0 Å². The fourth-order valence-corrected chi connectivity index (χ4v) is 12.9. The van der Waals surface area contributed by atoms with Crippen LogP contribution in [0.2, 0.25) is 0 Å². The smallest absolute Gasteiger partial charge is 0.0465 e.